The normalized spacial score (nSPS) is 12.1. The third kappa shape index (κ3) is 5.27. The SMILES string of the molecule is CCC(CC)NC(=O)COc1cc(OC)ccc1[C@@H](C)O. The summed E-state index contributed by atoms with van der Waals surface area (Å²) in [7, 11) is 1.56. The summed E-state index contributed by atoms with van der Waals surface area (Å²) in [5.74, 6) is 0.918. The van der Waals surface area contributed by atoms with E-state index in [1.807, 2.05) is 13.8 Å². The number of carbonyl (C=O) groups excluding carboxylic acids is 1. The van der Waals surface area contributed by atoms with E-state index in [0.29, 0.717) is 17.1 Å². The number of benzene rings is 1. The number of rotatable bonds is 8. The minimum Gasteiger partial charge on any atom is -0.497 e. The fraction of sp³-hybridized carbons (Fsp3) is 0.562. The zero-order valence-corrected chi connectivity index (χ0v) is 13.2. The largest absolute Gasteiger partial charge is 0.497 e. The van der Waals surface area contributed by atoms with Crippen LogP contribution in [0.15, 0.2) is 18.2 Å². The predicted octanol–water partition coefficient (Wildman–Crippen LogP) is 2.43. The quantitative estimate of drug-likeness (QED) is 0.773. The van der Waals surface area contributed by atoms with Gasteiger partial charge in [-0.1, -0.05) is 13.8 Å². The molecular weight excluding hydrogens is 270 g/mol. The molecule has 1 amide bonds. The van der Waals surface area contributed by atoms with Gasteiger partial charge in [-0.05, 0) is 31.9 Å². The van der Waals surface area contributed by atoms with Crippen molar-refractivity contribution in [3.05, 3.63) is 23.8 Å². The molecule has 0 bridgehead atoms. The Morgan fingerprint density at radius 2 is 2.00 bits per heavy atom. The van der Waals surface area contributed by atoms with Crippen LogP contribution in [0, 0.1) is 0 Å². The molecule has 0 saturated carbocycles. The van der Waals surface area contributed by atoms with Crippen molar-refractivity contribution in [2.75, 3.05) is 13.7 Å². The van der Waals surface area contributed by atoms with Crippen molar-refractivity contribution in [2.24, 2.45) is 0 Å². The first-order valence-corrected chi connectivity index (χ1v) is 7.29. The van der Waals surface area contributed by atoms with Crippen molar-refractivity contribution in [3.63, 3.8) is 0 Å². The lowest BCUT2D eigenvalue weighted by Gasteiger charge is -2.17. The van der Waals surface area contributed by atoms with Crippen LogP contribution in [-0.4, -0.2) is 30.8 Å². The number of methoxy groups -OCH3 is 1. The highest BCUT2D eigenvalue weighted by atomic mass is 16.5. The predicted molar refractivity (Wildman–Crippen MR) is 81.6 cm³/mol. The van der Waals surface area contributed by atoms with Crippen LogP contribution in [0.1, 0.15) is 45.3 Å². The summed E-state index contributed by atoms with van der Waals surface area (Å²) >= 11 is 0. The van der Waals surface area contributed by atoms with Gasteiger partial charge in [0, 0.05) is 17.7 Å². The lowest BCUT2D eigenvalue weighted by molar-refractivity contribution is -0.123. The van der Waals surface area contributed by atoms with E-state index >= 15 is 0 Å². The maximum Gasteiger partial charge on any atom is 0.258 e. The van der Waals surface area contributed by atoms with Crippen molar-refractivity contribution >= 4 is 5.91 Å². The van der Waals surface area contributed by atoms with Crippen LogP contribution in [-0.2, 0) is 4.79 Å². The molecule has 0 aromatic heterocycles. The molecule has 1 atom stereocenters. The van der Waals surface area contributed by atoms with Crippen molar-refractivity contribution in [1.82, 2.24) is 5.32 Å². The number of hydrogen-bond donors (Lipinski definition) is 2. The Morgan fingerprint density at radius 3 is 2.52 bits per heavy atom. The zero-order chi connectivity index (χ0) is 15.8. The van der Waals surface area contributed by atoms with Gasteiger partial charge in [-0.15, -0.1) is 0 Å². The van der Waals surface area contributed by atoms with Crippen LogP contribution < -0.4 is 14.8 Å². The lowest BCUT2D eigenvalue weighted by Crippen LogP contribution is -2.37. The van der Waals surface area contributed by atoms with Gasteiger partial charge in [0.15, 0.2) is 6.61 Å². The maximum atomic E-state index is 11.9. The third-order valence-electron chi connectivity index (χ3n) is 3.38. The molecule has 5 heteroatoms. The highest BCUT2D eigenvalue weighted by Gasteiger charge is 2.13. The van der Waals surface area contributed by atoms with Crippen molar-refractivity contribution < 1.29 is 19.4 Å². The molecule has 0 aliphatic rings. The van der Waals surface area contributed by atoms with Crippen LogP contribution in [0.25, 0.3) is 0 Å². The Morgan fingerprint density at radius 1 is 1.33 bits per heavy atom. The van der Waals surface area contributed by atoms with Crippen molar-refractivity contribution in [1.29, 1.82) is 0 Å². The number of hydrogen-bond acceptors (Lipinski definition) is 4. The second-order valence-corrected chi connectivity index (χ2v) is 4.95. The number of nitrogens with one attached hydrogen (secondary N) is 1. The molecule has 0 aliphatic heterocycles. The monoisotopic (exact) mass is 295 g/mol. The first kappa shape index (κ1) is 17.3. The Bertz CT molecular complexity index is 456. The van der Waals surface area contributed by atoms with Crippen LogP contribution in [0.2, 0.25) is 0 Å². The molecular formula is C16H25NO4. The Labute approximate surface area is 126 Å². The molecule has 0 heterocycles. The topological polar surface area (TPSA) is 67.8 Å². The molecule has 0 saturated heterocycles. The van der Waals surface area contributed by atoms with Crippen molar-refractivity contribution in [3.8, 4) is 11.5 Å². The summed E-state index contributed by atoms with van der Waals surface area (Å²) in [5.41, 5.74) is 0.631. The second-order valence-electron chi connectivity index (χ2n) is 4.95. The van der Waals surface area contributed by atoms with Crippen LogP contribution in [0.3, 0.4) is 0 Å². The summed E-state index contributed by atoms with van der Waals surface area (Å²) in [6.45, 7) is 5.63. The van der Waals surface area contributed by atoms with E-state index in [1.54, 1.807) is 32.2 Å². The lowest BCUT2D eigenvalue weighted by atomic mass is 10.1. The highest BCUT2D eigenvalue weighted by Crippen LogP contribution is 2.29. The Balaban J connectivity index is 2.71. The van der Waals surface area contributed by atoms with Crippen LogP contribution in [0.5, 0.6) is 11.5 Å². The van der Waals surface area contributed by atoms with Crippen molar-refractivity contribution in [2.45, 2.75) is 45.8 Å². The molecule has 21 heavy (non-hydrogen) atoms. The van der Waals surface area contributed by atoms with Gasteiger partial charge in [0.1, 0.15) is 11.5 Å². The van der Waals surface area contributed by atoms with Gasteiger partial charge in [-0.3, -0.25) is 4.79 Å². The molecule has 0 fully saturated rings. The first-order chi connectivity index (χ1) is 10.0. The van der Waals surface area contributed by atoms with Gasteiger partial charge in [0.25, 0.3) is 5.91 Å². The van der Waals surface area contributed by atoms with Crippen LogP contribution in [0.4, 0.5) is 0 Å². The van der Waals surface area contributed by atoms with Gasteiger partial charge in [-0.25, -0.2) is 0 Å². The third-order valence-corrected chi connectivity index (χ3v) is 3.38. The van der Waals surface area contributed by atoms with E-state index in [1.165, 1.54) is 0 Å². The first-order valence-electron chi connectivity index (χ1n) is 7.29. The fourth-order valence-electron chi connectivity index (χ4n) is 2.02. The molecule has 0 spiro atoms. The highest BCUT2D eigenvalue weighted by molar-refractivity contribution is 5.77. The minimum absolute atomic E-state index is 0.0800. The van der Waals surface area contributed by atoms with E-state index in [9.17, 15) is 9.90 Å². The number of ether oxygens (including phenoxy) is 2. The van der Waals surface area contributed by atoms with E-state index in [4.69, 9.17) is 9.47 Å². The fourth-order valence-corrected chi connectivity index (χ4v) is 2.02. The van der Waals surface area contributed by atoms with E-state index < -0.39 is 6.10 Å². The van der Waals surface area contributed by atoms with Gasteiger partial charge >= 0.3 is 0 Å². The smallest absolute Gasteiger partial charge is 0.258 e. The van der Waals surface area contributed by atoms with Gasteiger partial charge in [-0.2, -0.15) is 0 Å². The molecule has 0 radical (unpaired) electrons. The summed E-state index contributed by atoms with van der Waals surface area (Å²) in [5, 5.41) is 12.6. The summed E-state index contributed by atoms with van der Waals surface area (Å²) in [6, 6.07) is 5.33. The average molecular weight is 295 g/mol. The Hall–Kier alpha value is -1.75. The molecule has 1 aromatic carbocycles. The number of aliphatic hydroxyl groups is 1. The van der Waals surface area contributed by atoms with E-state index in [2.05, 4.69) is 5.32 Å². The van der Waals surface area contributed by atoms with E-state index in [0.717, 1.165) is 12.8 Å². The number of amides is 1. The molecule has 2 N–H and O–H groups in total. The van der Waals surface area contributed by atoms with E-state index in [-0.39, 0.29) is 18.6 Å². The summed E-state index contributed by atoms with van der Waals surface area (Å²) in [4.78, 5) is 11.9. The van der Waals surface area contributed by atoms with Crippen LogP contribution >= 0.6 is 0 Å². The molecule has 118 valence electrons. The summed E-state index contributed by atoms with van der Waals surface area (Å²) in [6.07, 6.45) is 1.11. The standard InChI is InChI=1S/C16H25NO4/c1-5-12(6-2)17-16(19)10-21-15-9-13(20-4)7-8-14(15)11(3)18/h7-9,11-12,18H,5-6,10H2,1-4H3,(H,17,19)/t11-/m1/s1. The maximum absolute atomic E-state index is 11.9. The molecule has 1 aromatic rings. The minimum atomic E-state index is -0.673. The molecule has 1 rings (SSSR count). The number of aliphatic hydroxyl groups excluding tert-OH is 1. The van der Waals surface area contributed by atoms with Gasteiger partial charge in [0.2, 0.25) is 0 Å². The van der Waals surface area contributed by atoms with Gasteiger partial charge < -0.3 is 19.9 Å². The molecule has 5 nitrogen and oxygen atoms in total. The van der Waals surface area contributed by atoms with Gasteiger partial charge in [0.05, 0.1) is 13.2 Å². The second kappa shape index (κ2) is 8.52. The molecule has 0 unspecified atom stereocenters. The molecule has 0 aliphatic carbocycles. The number of carbonyl (C=O) groups is 1. The average Bonchev–Trinajstić information content (AvgIpc) is 2.49. The zero-order valence-electron chi connectivity index (χ0n) is 13.2. The Kier molecular flexibility index (Phi) is 7.02. The summed E-state index contributed by atoms with van der Waals surface area (Å²) < 4.78 is 10.7.